The molecule has 0 aromatic carbocycles. The molecule has 1 saturated heterocycles. The van der Waals surface area contributed by atoms with E-state index in [9.17, 15) is 27.6 Å². The Bertz CT molecular complexity index is 1200. The van der Waals surface area contributed by atoms with E-state index >= 15 is 0 Å². The first kappa shape index (κ1) is 26.9. The number of hydrogen-bond acceptors (Lipinski definition) is 6. The first-order chi connectivity index (χ1) is 17.0. The third-order valence-corrected chi connectivity index (χ3v) is 6.17. The maximum absolute atomic E-state index is 12.7. The maximum atomic E-state index is 12.7. The van der Waals surface area contributed by atoms with Gasteiger partial charge in [-0.05, 0) is 36.3 Å². The van der Waals surface area contributed by atoms with Crippen LogP contribution in [0.2, 0.25) is 0 Å². The summed E-state index contributed by atoms with van der Waals surface area (Å²) >= 11 is 0. The summed E-state index contributed by atoms with van der Waals surface area (Å²) in [7, 11) is 0. The van der Waals surface area contributed by atoms with Crippen molar-refractivity contribution in [1.29, 1.82) is 0 Å². The van der Waals surface area contributed by atoms with E-state index in [2.05, 4.69) is 15.4 Å². The summed E-state index contributed by atoms with van der Waals surface area (Å²) in [5.74, 6) is -2.10. The molecule has 2 N–H and O–H groups in total. The molecule has 0 radical (unpaired) electrons. The van der Waals surface area contributed by atoms with Gasteiger partial charge in [-0.15, -0.1) is 0 Å². The summed E-state index contributed by atoms with van der Waals surface area (Å²) in [5, 5.41) is 14.5. The summed E-state index contributed by atoms with van der Waals surface area (Å²) in [5.41, 5.74) is -0.406. The van der Waals surface area contributed by atoms with Gasteiger partial charge >= 0.3 is 29.3 Å². The summed E-state index contributed by atoms with van der Waals surface area (Å²) in [6.07, 6.45) is 1.40. The SMILES string of the molecule is CCCNC(=O)N1CCC2(CC1)Cc1nn(Cc3cccnc3)c(=O)c(=O)n1C2.O=C(O)C(F)(F)F. The van der Waals surface area contributed by atoms with Crippen molar-refractivity contribution in [2.24, 2.45) is 5.41 Å². The van der Waals surface area contributed by atoms with Crippen LogP contribution in [0.4, 0.5) is 18.0 Å². The lowest BCUT2D eigenvalue weighted by atomic mass is 9.77. The molecule has 196 valence electrons. The molecule has 0 atom stereocenters. The number of carbonyl (C=O) groups is 2. The van der Waals surface area contributed by atoms with Crippen LogP contribution >= 0.6 is 0 Å². The van der Waals surface area contributed by atoms with Crippen LogP contribution in [-0.4, -0.2) is 67.1 Å². The topological polar surface area (TPSA) is 139 Å². The van der Waals surface area contributed by atoms with Crippen molar-refractivity contribution in [3.05, 3.63) is 56.6 Å². The van der Waals surface area contributed by atoms with Crippen molar-refractivity contribution in [2.45, 2.75) is 51.9 Å². The normalized spacial score (nSPS) is 16.2. The summed E-state index contributed by atoms with van der Waals surface area (Å²) in [4.78, 5) is 52.2. The molecule has 4 rings (SSSR count). The van der Waals surface area contributed by atoms with Crippen LogP contribution < -0.4 is 16.4 Å². The van der Waals surface area contributed by atoms with Crippen molar-refractivity contribution >= 4 is 12.0 Å². The van der Waals surface area contributed by atoms with Gasteiger partial charge in [-0.3, -0.25) is 19.1 Å². The molecule has 11 nitrogen and oxygen atoms in total. The molecule has 0 aliphatic carbocycles. The number of rotatable bonds is 4. The minimum absolute atomic E-state index is 0.0244. The van der Waals surface area contributed by atoms with Crippen LogP contribution in [-0.2, 0) is 24.3 Å². The first-order valence-corrected chi connectivity index (χ1v) is 11.4. The van der Waals surface area contributed by atoms with Crippen LogP contribution in [0.5, 0.6) is 0 Å². The molecule has 2 amide bonds. The second-order valence-corrected chi connectivity index (χ2v) is 8.83. The van der Waals surface area contributed by atoms with E-state index in [0.717, 1.165) is 24.8 Å². The van der Waals surface area contributed by atoms with Gasteiger partial charge < -0.3 is 15.3 Å². The van der Waals surface area contributed by atoms with Crippen LogP contribution in [0.1, 0.15) is 37.6 Å². The minimum atomic E-state index is -5.08. The molecule has 2 aliphatic heterocycles. The predicted octanol–water partition coefficient (Wildman–Crippen LogP) is 1.24. The Labute approximate surface area is 203 Å². The minimum Gasteiger partial charge on any atom is -0.475 e. The first-order valence-electron chi connectivity index (χ1n) is 11.4. The second kappa shape index (κ2) is 10.9. The molecule has 1 spiro atoms. The van der Waals surface area contributed by atoms with E-state index in [1.807, 2.05) is 17.9 Å². The fourth-order valence-corrected chi connectivity index (χ4v) is 4.24. The number of likely N-dealkylation sites (tertiary alicyclic amines) is 1. The predicted molar refractivity (Wildman–Crippen MR) is 120 cm³/mol. The highest BCUT2D eigenvalue weighted by atomic mass is 19.4. The molecule has 0 bridgehead atoms. The van der Waals surface area contributed by atoms with Crippen molar-refractivity contribution in [2.75, 3.05) is 19.6 Å². The number of amides is 2. The fraction of sp³-hybridized carbons (Fsp3) is 0.545. The number of carboxylic acid groups (broad SMARTS) is 1. The van der Waals surface area contributed by atoms with Gasteiger partial charge in [0.1, 0.15) is 5.82 Å². The molecule has 0 saturated carbocycles. The highest BCUT2D eigenvalue weighted by molar-refractivity contribution is 5.74. The Kier molecular flexibility index (Phi) is 8.15. The lowest BCUT2D eigenvalue weighted by Crippen LogP contribution is -2.48. The molecule has 2 aromatic rings. The number of piperidine rings is 1. The lowest BCUT2D eigenvalue weighted by molar-refractivity contribution is -0.192. The number of halogens is 3. The van der Waals surface area contributed by atoms with Gasteiger partial charge in [-0.2, -0.15) is 18.3 Å². The summed E-state index contributed by atoms with van der Waals surface area (Å²) in [6, 6.07) is 3.62. The van der Waals surface area contributed by atoms with Gasteiger partial charge in [0.25, 0.3) is 0 Å². The van der Waals surface area contributed by atoms with E-state index < -0.39 is 23.3 Å². The number of alkyl halides is 3. The van der Waals surface area contributed by atoms with E-state index in [-0.39, 0.29) is 18.0 Å². The van der Waals surface area contributed by atoms with Gasteiger partial charge in [-0.1, -0.05) is 13.0 Å². The molecule has 1 fully saturated rings. The Morgan fingerprint density at radius 3 is 2.42 bits per heavy atom. The van der Waals surface area contributed by atoms with E-state index in [1.165, 1.54) is 9.25 Å². The third kappa shape index (κ3) is 6.29. The van der Waals surface area contributed by atoms with Crippen molar-refractivity contribution in [3.63, 3.8) is 0 Å². The van der Waals surface area contributed by atoms with Crippen molar-refractivity contribution in [1.82, 2.24) is 29.5 Å². The molecular formula is C22H27F3N6O5. The number of fused-ring (bicyclic) bond motifs is 1. The van der Waals surface area contributed by atoms with E-state index in [4.69, 9.17) is 9.90 Å². The zero-order valence-corrected chi connectivity index (χ0v) is 19.6. The zero-order valence-electron chi connectivity index (χ0n) is 19.6. The molecule has 2 aliphatic rings. The number of aliphatic carboxylic acids is 1. The van der Waals surface area contributed by atoms with Crippen LogP contribution in [0.3, 0.4) is 0 Å². The highest BCUT2D eigenvalue weighted by Gasteiger charge is 2.43. The van der Waals surface area contributed by atoms with Gasteiger partial charge in [0.05, 0.1) is 6.54 Å². The average Bonchev–Trinajstić information content (AvgIpc) is 3.19. The van der Waals surface area contributed by atoms with Crippen molar-refractivity contribution < 1.29 is 27.9 Å². The molecular weight excluding hydrogens is 485 g/mol. The maximum Gasteiger partial charge on any atom is 0.490 e. The Morgan fingerprint density at radius 2 is 1.86 bits per heavy atom. The average molecular weight is 512 g/mol. The number of pyridine rings is 1. The monoisotopic (exact) mass is 512 g/mol. The Morgan fingerprint density at radius 1 is 1.19 bits per heavy atom. The van der Waals surface area contributed by atoms with Gasteiger partial charge in [0.15, 0.2) is 0 Å². The third-order valence-electron chi connectivity index (χ3n) is 6.17. The van der Waals surface area contributed by atoms with E-state index in [0.29, 0.717) is 38.4 Å². The molecule has 0 unspecified atom stereocenters. The molecule has 2 aromatic heterocycles. The van der Waals surface area contributed by atoms with Crippen LogP contribution in [0, 0.1) is 5.41 Å². The number of hydrogen-bond donors (Lipinski definition) is 2. The second-order valence-electron chi connectivity index (χ2n) is 8.83. The molecule has 14 heteroatoms. The standard InChI is InChI=1S/C20H26N6O3.C2HF3O2/c1-2-7-22-19(29)24-9-5-20(6-10-24)11-16-23-26(13-15-4-3-8-21-12-15)18(28)17(27)25(16)14-20;3-2(4,5)1(6)7/h3-4,8,12H,2,5-7,9-11,13-14H2,1H3,(H,22,29);(H,6,7). The summed E-state index contributed by atoms with van der Waals surface area (Å²) < 4.78 is 34.5. The number of nitrogens with zero attached hydrogens (tertiary/aromatic N) is 5. The van der Waals surface area contributed by atoms with Crippen LogP contribution in [0.25, 0.3) is 0 Å². The number of carboxylic acids is 1. The summed E-state index contributed by atoms with van der Waals surface area (Å²) in [6.45, 7) is 4.73. The highest BCUT2D eigenvalue weighted by Crippen LogP contribution is 2.40. The quantitative estimate of drug-likeness (QED) is 0.588. The van der Waals surface area contributed by atoms with Gasteiger partial charge in [-0.25, -0.2) is 14.3 Å². The van der Waals surface area contributed by atoms with Crippen LogP contribution in [0.15, 0.2) is 34.1 Å². The van der Waals surface area contributed by atoms with E-state index in [1.54, 1.807) is 18.5 Å². The smallest absolute Gasteiger partial charge is 0.475 e. The Hall–Kier alpha value is -3.71. The van der Waals surface area contributed by atoms with Crippen molar-refractivity contribution in [3.8, 4) is 0 Å². The van der Waals surface area contributed by atoms with Gasteiger partial charge in [0.2, 0.25) is 0 Å². The fourth-order valence-electron chi connectivity index (χ4n) is 4.24. The number of aromatic nitrogens is 4. The zero-order chi connectivity index (χ0) is 26.5. The molecule has 4 heterocycles. The Balaban J connectivity index is 0.000000454. The largest absolute Gasteiger partial charge is 0.490 e. The number of nitrogens with one attached hydrogen (secondary N) is 1. The lowest BCUT2D eigenvalue weighted by Gasteiger charge is -2.38. The van der Waals surface area contributed by atoms with Gasteiger partial charge in [0, 0.05) is 45.0 Å². The number of urea groups is 1. The number of carbonyl (C=O) groups excluding carboxylic acids is 1. The molecule has 36 heavy (non-hydrogen) atoms.